The van der Waals surface area contributed by atoms with Crippen molar-refractivity contribution in [1.29, 1.82) is 0 Å². The highest BCUT2D eigenvalue weighted by Crippen LogP contribution is 2.56. The van der Waals surface area contributed by atoms with Crippen molar-refractivity contribution in [3.05, 3.63) is 82.7 Å². The lowest BCUT2D eigenvalue weighted by molar-refractivity contribution is -0.165. The lowest BCUT2D eigenvalue weighted by Gasteiger charge is -2.65. The molecule has 62 heavy (non-hydrogen) atoms. The summed E-state index contributed by atoms with van der Waals surface area (Å²) in [7, 11) is -3.26. The zero-order chi connectivity index (χ0) is 43.6. The average molecular weight is 912 g/mol. The number of amides is 4. The van der Waals surface area contributed by atoms with E-state index >= 15 is 0 Å². The number of rotatable bonds is 13. The SMILES string of the molecule is CC(OCCS(C)(=O)=O)C12C[C@@H](CCc3noc([C@@]45C[C@H](C)C[C@@H](C4)N5C(=O)Nc4ccc(Cl)c(-n5ncc(F)n5)c4)n3)C[C@@H](C1)N2C(=O)Nc1ccc(Cl)c(-n2nccn2)c1. The van der Waals surface area contributed by atoms with E-state index in [1.54, 1.807) is 41.3 Å². The van der Waals surface area contributed by atoms with Gasteiger partial charge in [-0.05, 0) is 93.7 Å². The molecule has 0 radical (unpaired) electrons. The molecule has 2 saturated carbocycles. The fourth-order valence-corrected chi connectivity index (χ4v) is 11.0. The van der Waals surface area contributed by atoms with Crippen molar-refractivity contribution in [1.82, 2.24) is 49.9 Å². The Labute approximate surface area is 366 Å². The van der Waals surface area contributed by atoms with Gasteiger partial charge in [0.15, 0.2) is 5.82 Å². The van der Waals surface area contributed by atoms with Crippen molar-refractivity contribution in [2.75, 3.05) is 29.2 Å². The lowest BCUT2D eigenvalue weighted by atomic mass is 9.61. The third-order valence-electron chi connectivity index (χ3n) is 12.8. The van der Waals surface area contributed by atoms with Crippen LogP contribution in [0.15, 0.2) is 59.5 Å². The first-order valence-corrected chi connectivity index (χ1v) is 23.3. The first-order valence-electron chi connectivity index (χ1n) is 20.5. The maximum absolute atomic E-state index is 14.1. The van der Waals surface area contributed by atoms with E-state index in [1.807, 2.05) is 11.8 Å². The molecule has 7 atom stereocenters. The van der Waals surface area contributed by atoms with Gasteiger partial charge in [0.2, 0.25) is 0 Å². The zero-order valence-electron chi connectivity index (χ0n) is 34.1. The number of carbonyl (C=O) groups excluding carboxylic acids is 2. The number of nitrogens with zero attached hydrogens (tertiary/aromatic N) is 10. The van der Waals surface area contributed by atoms with Gasteiger partial charge in [0, 0.05) is 42.6 Å². The van der Waals surface area contributed by atoms with Crippen molar-refractivity contribution >= 4 is 56.5 Å². The first kappa shape index (κ1) is 42.1. The van der Waals surface area contributed by atoms with Crippen LogP contribution >= 0.6 is 23.2 Å². The number of anilines is 2. The van der Waals surface area contributed by atoms with Gasteiger partial charge in [-0.1, -0.05) is 35.3 Å². The number of sulfone groups is 1. The van der Waals surface area contributed by atoms with E-state index in [2.05, 4.69) is 43.1 Å². The molecule has 2 aliphatic carbocycles. The third kappa shape index (κ3) is 7.89. The Balaban J connectivity index is 0.884. The maximum Gasteiger partial charge on any atom is 0.323 e. The Morgan fingerprint density at radius 2 is 1.60 bits per heavy atom. The molecule has 2 N–H and O–H groups in total. The summed E-state index contributed by atoms with van der Waals surface area (Å²) in [6, 6.07) is 9.19. The standard InChI is InChI=1S/C40H45Cl2FN12O6S/c1-23-14-28-21-40(18-23,53(28)38(57)48-27-6-8-31(42)33(17-27)55-46-22-34(43)50-55)36-49-35(51-61-36)9-4-25-15-29-20-39(19-25,24(2)60-12-13-62(3,58)59)52(29)37(56)47-26-5-7-30(41)32(16-26)54-44-10-11-45-54/h5-8,10-11,16-17,22-25,28-29H,4,9,12-15,18-21H2,1-3H3,(H,47,56)(H,48,57)/t23-,24?,25+,28+,29+,39?,40-/m1/s1. The molecular formula is C40H45Cl2FN12O6S. The van der Waals surface area contributed by atoms with E-state index in [4.69, 9.17) is 37.4 Å². The van der Waals surface area contributed by atoms with Gasteiger partial charge in [-0.15, -0.1) is 9.90 Å². The van der Waals surface area contributed by atoms with Gasteiger partial charge in [0.05, 0.1) is 46.4 Å². The molecule has 2 aromatic carbocycles. The number of carbonyl (C=O) groups is 2. The Bertz CT molecular complexity index is 2610. The van der Waals surface area contributed by atoms with Crippen LogP contribution in [0.1, 0.15) is 70.5 Å². The second-order valence-corrected chi connectivity index (χ2v) is 20.2. The van der Waals surface area contributed by atoms with Crippen molar-refractivity contribution in [3.63, 3.8) is 0 Å². The van der Waals surface area contributed by atoms with Crippen LogP contribution in [0.5, 0.6) is 0 Å². The zero-order valence-corrected chi connectivity index (χ0v) is 36.4. The van der Waals surface area contributed by atoms with E-state index in [1.165, 1.54) is 23.4 Å². The van der Waals surface area contributed by atoms with E-state index < -0.39 is 33.0 Å². The van der Waals surface area contributed by atoms with Crippen LogP contribution in [-0.4, -0.2) is 113 Å². The molecule has 5 aromatic rings. The molecule has 10 rings (SSSR count). The summed E-state index contributed by atoms with van der Waals surface area (Å²) in [6.45, 7) is 4.06. The quantitative estimate of drug-likeness (QED) is 0.131. The van der Waals surface area contributed by atoms with E-state index in [0.29, 0.717) is 83.9 Å². The molecule has 0 spiro atoms. The minimum absolute atomic E-state index is 0.0105. The predicted octanol–water partition coefficient (Wildman–Crippen LogP) is 6.45. The van der Waals surface area contributed by atoms with Crippen molar-refractivity contribution < 1.29 is 31.7 Å². The number of halogens is 3. The minimum Gasteiger partial charge on any atom is -0.375 e. The van der Waals surface area contributed by atoms with Gasteiger partial charge in [-0.25, -0.2) is 18.0 Å². The Hall–Kier alpha value is -5.18. The highest BCUT2D eigenvalue weighted by atomic mass is 35.5. The molecule has 5 aliphatic rings. The smallest absolute Gasteiger partial charge is 0.323 e. The average Bonchev–Trinajstić information content (AvgIpc) is 4.01. The first-order chi connectivity index (χ1) is 29.6. The molecule has 3 saturated heterocycles. The number of nitrogens with one attached hydrogen (secondary N) is 2. The van der Waals surface area contributed by atoms with Crippen LogP contribution in [0, 0.1) is 17.8 Å². The Morgan fingerprint density at radius 1 is 0.935 bits per heavy atom. The highest BCUT2D eigenvalue weighted by Gasteiger charge is 2.63. The second kappa shape index (κ2) is 16.2. The number of aromatic nitrogens is 8. The fraction of sp³-hybridized carbons (Fsp3) is 0.500. The Kier molecular flexibility index (Phi) is 11.0. The van der Waals surface area contributed by atoms with E-state index in [0.717, 1.165) is 23.8 Å². The summed E-state index contributed by atoms with van der Waals surface area (Å²) in [6.07, 6.45) is 10.2. The van der Waals surface area contributed by atoms with Gasteiger partial charge < -0.3 is 29.7 Å². The number of ether oxygens (including phenoxy) is 1. The second-order valence-electron chi connectivity index (χ2n) is 17.1. The predicted molar refractivity (Wildman–Crippen MR) is 224 cm³/mol. The highest BCUT2D eigenvalue weighted by molar-refractivity contribution is 7.90. The third-order valence-corrected chi connectivity index (χ3v) is 14.4. The molecule has 2 unspecified atom stereocenters. The van der Waals surface area contributed by atoms with Crippen LogP contribution in [0.2, 0.25) is 10.0 Å². The van der Waals surface area contributed by atoms with E-state index in [-0.39, 0.29) is 47.4 Å². The molecule has 3 aromatic heterocycles. The lowest BCUT2D eigenvalue weighted by Crippen LogP contribution is -2.76. The van der Waals surface area contributed by atoms with E-state index in [9.17, 15) is 22.4 Å². The molecular weight excluding hydrogens is 866 g/mol. The summed E-state index contributed by atoms with van der Waals surface area (Å²) in [5.74, 6) is 0.528. The molecule has 5 fully saturated rings. The summed E-state index contributed by atoms with van der Waals surface area (Å²) >= 11 is 12.8. The van der Waals surface area contributed by atoms with Crippen molar-refractivity contribution in [3.8, 4) is 11.4 Å². The normalized spacial score (nSPS) is 25.8. The number of piperidine rings is 2. The molecule has 4 amide bonds. The van der Waals surface area contributed by atoms with Crippen LogP contribution < -0.4 is 10.6 Å². The number of hydrogen-bond donors (Lipinski definition) is 2. The van der Waals surface area contributed by atoms with Crippen molar-refractivity contribution in [2.24, 2.45) is 11.8 Å². The maximum atomic E-state index is 14.1. The number of urea groups is 2. The topological polar surface area (TPSA) is 208 Å². The van der Waals surface area contributed by atoms with Gasteiger partial charge in [0.25, 0.3) is 11.8 Å². The molecule has 22 heteroatoms. The van der Waals surface area contributed by atoms with Crippen LogP contribution in [0.3, 0.4) is 0 Å². The van der Waals surface area contributed by atoms with Crippen LogP contribution in [0.4, 0.5) is 25.4 Å². The largest absolute Gasteiger partial charge is 0.375 e. The monoisotopic (exact) mass is 910 g/mol. The van der Waals surface area contributed by atoms with Gasteiger partial charge in [-0.3, -0.25) is 0 Å². The molecule has 328 valence electrons. The van der Waals surface area contributed by atoms with Crippen LogP contribution in [-0.2, 0) is 26.5 Å². The number of aryl methyl sites for hydroxylation is 1. The van der Waals surface area contributed by atoms with Gasteiger partial charge >= 0.3 is 12.1 Å². The van der Waals surface area contributed by atoms with Crippen LogP contribution in [0.25, 0.3) is 11.4 Å². The summed E-state index contributed by atoms with van der Waals surface area (Å²) < 4.78 is 49.7. The number of fused-ring (bicyclic) bond motifs is 4. The minimum atomic E-state index is -3.26. The molecule has 3 aliphatic heterocycles. The summed E-state index contributed by atoms with van der Waals surface area (Å²) in [5, 5.41) is 27.0. The fourth-order valence-electron chi connectivity index (χ4n) is 10.2. The molecule has 4 bridgehead atoms. The van der Waals surface area contributed by atoms with Gasteiger partial charge in [0.1, 0.15) is 32.9 Å². The Morgan fingerprint density at radius 3 is 2.26 bits per heavy atom. The number of benzene rings is 2. The number of hydrogen-bond acceptors (Lipinski definition) is 12. The number of likely N-dealkylation sites (tertiary alicyclic amines) is 1. The summed E-state index contributed by atoms with van der Waals surface area (Å²) in [5.41, 5.74) is 0.313. The van der Waals surface area contributed by atoms with Gasteiger partial charge in [-0.2, -0.15) is 29.5 Å². The van der Waals surface area contributed by atoms with Crippen molar-refractivity contribution in [2.45, 2.75) is 94.5 Å². The molecule has 6 heterocycles. The summed E-state index contributed by atoms with van der Waals surface area (Å²) in [4.78, 5) is 39.1. The molecule has 18 nitrogen and oxygen atoms in total.